The molecule has 9 heteroatoms. The molecule has 1 atom stereocenters. The maximum Gasteiger partial charge on any atom is 0.411 e. The number of nitrogens with one attached hydrogen (secondary N) is 1. The molecular formula is C32H38N4O5. The van der Waals surface area contributed by atoms with Crippen LogP contribution in [0.5, 0.6) is 0 Å². The zero-order valence-corrected chi connectivity index (χ0v) is 23.9. The highest BCUT2D eigenvalue weighted by atomic mass is 16.5. The molecule has 0 radical (unpaired) electrons. The highest BCUT2D eigenvalue weighted by Gasteiger charge is 2.37. The van der Waals surface area contributed by atoms with Gasteiger partial charge < -0.3 is 19.6 Å². The van der Waals surface area contributed by atoms with Crippen LogP contribution in [0.1, 0.15) is 56.2 Å². The van der Waals surface area contributed by atoms with Crippen LogP contribution in [0.15, 0.2) is 67.0 Å². The zero-order chi connectivity index (χ0) is 29.4. The Labute approximate surface area is 241 Å². The maximum atomic E-state index is 13.5. The van der Waals surface area contributed by atoms with E-state index in [0.29, 0.717) is 11.3 Å². The van der Waals surface area contributed by atoms with Crippen molar-refractivity contribution < 1.29 is 24.2 Å². The Morgan fingerprint density at radius 1 is 1.10 bits per heavy atom. The number of methoxy groups -OCH3 is 1. The number of pyridine rings is 1. The van der Waals surface area contributed by atoms with Gasteiger partial charge in [-0.1, -0.05) is 43.7 Å². The summed E-state index contributed by atoms with van der Waals surface area (Å²) in [4.78, 5) is 45.4. The molecule has 9 nitrogen and oxygen atoms in total. The molecule has 0 spiro atoms. The Morgan fingerprint density at radius 3 is 2.54 bits per heavy atom. The van der Waals surface area contributed by atoms with Gasteiger partial charge in [-0.25, -0.2) is 4.79 Å². The third-order valence-electron chi connectivity index (χ3n) is 7.31. The van der Waals surface area contributed by atoms with Crippen LogP contribution in [-0.2, 0) is 20.9 Å². The topological polar surface area (TPSA) is 112 Å². The van der Waals surface area contributed by atoms with Crippen LogP contribution in [0, 0.1) is 5.92 Å². The zero-order valence-electron chi connectivity index (χ0n) is 23.9. The van der Waals surface area contributed by atoms with Crippen molar-refractivity contribution >= 4 is 29.3 Å². The second kappa shape index (κ2) is 13.8. The molecule has 0 saturated heterocycles. The van der Waals surface area contributed by atoms with Crippen LogP contribution in [0.3, 0.4) is 0 Å². The number of carbonyl (C=O) groups is 3. The normalized spacial score (nSPS) is 13.2. The Balaban J connectivity index is 1.66. The van der Waals surface area contributed by atoms with Gasteiger partial charge in [0.1, 0.15) is 0 Å². The molecular weight excluding hydrogens is 520 g/mol. The molecule has 1 fully saturated rings. The highest BCUT2D eigenvalue weighted by Crippen LogP contribution is 2.37. The van der Waals surface area contributed by atoms with Gasteiger partial charge in [-0.2, -0.15) is 0 Å². The number of carboxylic acid groups (broad SMARTS) is 1. The molecule has 1 aromatic heterocycles. The molecule has 1 aliphatic rings. The van der Waals surface area contributed by atoms with Gasteiger partial charge in [-0.05, 0) is 65.8 Å². The summed E-state index contributed by atoms with van der Waals surface area (Å²) in [5, 5.41) is 12.5. The quantitative estimate of drug-likeness (QED) is 0.260. The minimum Gasteiger partial charge on any atom is -0.481 e. The monoisotopic (exact) mass is 558 g/mol. The Hall–Kier alpha value is -4.40. The summed E-state index contributed by atoms with van der Waals surface area (Å²) in [6, 6.07) is 16.7. The van der Waals surface area contributed by atoms with Crippen LogP contribution < -0.4 is 10.2 Å². The van der Waals surface area contributed by atoms with Gasteiger partial charge in [0.05, 0.1) is 30.9 Å². The summed E-state index contributed by atoms with van der Waals surface area (Å²) in [6.45, 7) is 3.25. The lowest BCUT2D eigenvalue weighted by molar-refractivity contribution is -0.142. The van der Waals surface area contributed by atoms with E-state index in [9.17, 15) is 19.5 Å². The number of hydrogen-bond donors (Lipinski definition) is 2. The second-order valence-corrected chi connectivity index (χ2v) is 10.5. The molecule has 1 aliphatic carbocycles. The molecule has 2 amide bonds. The number of aliphatic carboxylic acids is 1. The molecule has 4 rings (SSSR count). The first-order chi connectivity index (χ1) is 19.8. The van der Waals surface area contributed by atoms with E-state index in [1.165, 1.54) is 7.11 Å². The van der Waals surface area contributed by atoms with E-state index < -0.39 is 18.1 Å². The first-order valence-electron chi connectivity index (χ1n) is 14.0. The lowest BCUT2D eigenvalue weighted by Gasteiger charge is -2.32. The summed E-state index contributed by atoms with van der Waals surface area (Å²) in [5.41, 5.74) is 4.90. The van der Waals surface area contributed by atoms with E-state index in [1.54, 1.807) is 23.4 Å². The van der Waals surface area contributed by atoms with Crippen molar-refractivity contribution in [3.05, 3.63) is 78.1 Å². The maximum absolute atomic E-state index is 13.5. The third-order valence-corrected chi connectivity index (χ3v) is 7.31. The largest absolute Gasteiger partial charge is 0.481 e. The Morgan fingerprint density at radius 2 is 1.88 bits per heavy atom. The Kier molecular flexibility index (Phi) is 9.95. The summed E-state index contributed by atoms with van der Waals surface area (Å²) < 4.78 is 4.86. The van der Waals surface area contributed by atoms with E-state index in [0.717, 1.165) is 54.6 Å². The van der Waals surface area contributed by atoms with E-state index in [2.05, 4.69) is 22.1 Å². The van der Waals surface area contributed by atoms with Crippen LogP contribution in [-0.4, -0.2) is 53.7 Å². The van der Waals surface area contributed by atoms with Gasteiger partial charge in [0, 0.05) is 38.4 Å². The van der Waals surface area contributed by atoms with E-state index in [4.69, 9.17) is 4.74 Å². The van der Waals surface area contributed by atoms with Crippen molar-refractivity contribution in [2.24, 2.45) is 5.92 Å². The molecule has 3 aromatic rings. The van der Waals surface area contributed by atoms with Crippen molar-refractivity contribution in [3.63, 3.8) is 0 Å². The minimum absolute atomic E-state index is 0.0328. The van der Waals surface area contributed by atoms with Crippen LogP contribution in [0.25, 0.3) is 11.1 Å². The van der Waals surface area contributed by atoms with E-state index in [-0.39, 0.29) is 24.8 Å². The highest BCUT2D eigenvalue weighted by molar-refractivity contribution is 5.91. The van der Waals surface area contributed by atoms with Gasteiger partial charge in [0.2, 0.25) is 5.91 Å². The number of amides is 2. The van der Waals surface area contributed by atoms with Crippen molar-refractivity contribution in [1.29, 1.82) is 0 Å². The lowest BCUT2D eigenvalue weighted by Crippen LogP contribution is -2.36. The van der Waals surface area contributed by atoms with Crippen molar-refractivity contribution in [2.75, 3.05) is 30.9 Å². The number of nitrogens with zero attached hydrogens (tertiary/aromatic N) is 3. The van der Waals surface area contributed by atoms with Crippen molar-refractivity contribution in [2.45, 2.75) is 51.6 Å². The SMILES string of the molecule is CCCCN(C)c1ccc(-c2cccc(CN(C(=O)C3CC3)C(CC(=O)O)c3cccnc3)c2)cc1NC(=O)OC. The molecule has 0 bridgehead atoms. The predicted molar refractivity (Wildman–Crippen MR) is 159 cm³/mol. The molecule has 1 unspecified atom stereocenters. The first-order valence-corrected chi connectivity index (χ1v) is 14.0. The molecule has 0 aliphatic heterocycles. The number of hydrogen-bond acceptors (Lipinski definition) is 6. The molecule has 2 aromatic carbocycles. The molecule has 41 heavy (non-hydrogen) atoms. The van der Waals surface area contributed by atoms with Crippen molar-refractivity contribution in [3.8, 4) is 11.1 Å². The number of unbranched alkanes of at least 4 members (excludes halogenated alkanes) is 1. The standard InChI is InChI=1S/C32H38N4O5/c1-4-5-16-35(2)28-14-13-25(18-27(28)34-32(40)41-3)24-9-6-8-22(17-24)21-36(31(39)23-11-12-23)29(19-30(37)38)26-10-7-15-33-20-26/h6-10,13-15,17-18,20,23,29H,4-5,11-12,16,19,21H2,1-3H3,(H,34,40)(H,37,38). The smallest absolute Gasteiger partial charge is 0.411 e. The predicted octanol–water partition coefficient (Wildman–Crippen LogP) is 6.12. The number of carbonyl (C=O) groups excluding carboxylic acids is 2. The van der Waals surface area contributed by atoms with Gasteiger partial charge in [-0.15, -0.1) is 0 Å². The lowest BCUT2D eigenvalue weighted by atomic mass is 9.99. The number of benzene rings is 2. The van der Waals surface area contributed by atoms with Crippen LogP contribution >= 0.6 is 0 Å². The summed E-state index contributed by atoms with van der Waals surface area (Å²) in [5.74, 6) is -1.08. The van der Waals surface area contributed by atoms with Gasteiger partial charge >= 0.3 is 12.1 Å². The molecule has 1 heterocycles. The average Bonchev–Trinajstić information content (AvgIpc) is 3.83. The molecule has 2 N–H and O–H groups in total. The number of anilines is 2. The van der Waals surface area contributed by atoms with Crippen LogP contribution in [0.4, 0.5) is 16.2 Å². The number of rotatable bonds is 13. The minimum atomic E-state index is -0.976. The summed E-state index contributed by atoms with van der Waals surface area (Å²) >= 11 is 0. The van der Waals surface area contributed by atoms with Crippen molar-refractivity contribution in [1.82, 2.24) is 9.88 Å². The fourth-order valence-corrected chi connectivity index (χ4v) is 4.92. The summed E-state index contributed by atoms with van der Waals surface area (Å²) in [7, 11) is 3.33. The van der Waals surface area contributed by atoms with E-state index >= 15 is 0 Å². The van der Waals surface area contributed by atoms with Crippen LogP contribution in [0.2, 0.25) is 0 Å². The number of aromatic nitrogens is 1. The third kappa shape index (κ3) is 7.84. The second-order valence-electron chi connectivity index (χ2n) is 10.5. The summed E-state index contributed by atoms with van der Waals surface area (Å²) in [6.07, 6.45) is 6.22. The fraction of sp³-hybridized carbons (Fsp3) is 0.375. The molecule has 216 valence electrons. The first kappa shape index (κ1) is 29.6. The fourth-order valence-electron chi connectivity index (χ4n) is 4.92. The van der Waals surface area contributed by atoms with Gasteiger partial charge in [-0.3, -0.25) is 19.9 Å². The number of carboxylic acids is 1. The average molecular weight is 559 g/mol. The van der Waals surface area contributed by atoms with Gasteiger partial charge in [0.25, 0.3) is 0 Å². The van der Waals surface area contributed by atoms with E-state index in [1.807, 2.05) is 55.6 Å². The molecule has 1 saturated carbocycles. The van der Waals surface area contributed by atoms with Gasteiger partial charge in [0.15, 0.2) is 0 Å². The number of ether oxygens (including phenoxy) is 1. The Bertz CT molecular complexity index is 1360.